The lowest BCUT2D eigenvalue weighted by Gasteiger charge is -2.07. The Balaban J connectivity index is 1.88. The molecule has 0 aliphatic carbocycles. The number of carbonyl (C=O) groups is 1. The summed E-state index contributed by atoms with van der Waals surface area (Å²) in [5.74, 6) is 0.596. The van der Waals surface area contributed by atoms with Crippen molar-refractivity contribution in [2.75, 3.05) is 11.9 Å². The van der Waals surface area contributed by atoms with E-state index in [1.807, 2.05) is 54.6 Å². The van der Waals surface area contributed by atoms with Crippen molar-refractivity contribution in [2.24, 2.45) is 0 Å². The molecular weight excluding hydrogens is 254 g/mol. The SMILES string of the molecule is O=C(O)/C=C/CNc1ccc(Oc2ccccc2)cc1. The maximum atomic E-state index is 10.3. The first kappa shape index (κ1) is 13.7. The van der Waals surface area contributed by atoms with E-state index in [2.05, 4.69) is 5.32 Å². The Hall–Kier alpha value is -2.75. The number of carboxylic acids is 1. The van der Waals surface area contributed by atoms with Gasteiger partial charge in [-0.1, -0.05) is 24.3 Å². The molecule has 0 saturated carbocycles. The molecule has 102 valence electrons. The molecule has 0 atom stereocenters. The minimum absolute atomic E-state index is 0.463. The fraction of sp³-hybridized carbons (Fsp3) is 0.0625. The van der Waals surface area contributed by atoms with Crippen LogP contribution >= 0.6 is 0 Å². The highest BCUT2D eigenvalue weighted by Gasteiger charge is 1.96. The zero-order valence-electron chi connectivity index (χ0n) is 10.8. The van der Waals surface area contributed by atoms with Crippen molar-refractivity contribution in [3.63, 3.8) is 0 Å². The van der Waals surface area contributed by atoms with Gasteiger partial charge in [0.25, 0.3) is 0 Å². The normalized spacial score (nSPS) is 10.4. The zero-order valence-corrected chi connectivity index (χ0v) is 10.8. The summed E-state index contributed by atoms with van der Waals surface area (Å²) in [5, 5.41) is 11.5. The first-order chi connectivity index (χ1) is 9.74. The lowest BCUT2D eigenvalue weighted by atomic mass is 10.3. The molecule has 0 spiro atoms. The Bertz CT molecular complexity index is 576. The summed E-state index contributed by atoms with van der Waals surface area (Å²) in [5.41, 5.74) is 0.903. The molecule has 0 aromatic heterocycles. The monoisotopic (exact) mass is 269 g/mol. The molecular formula is C16H15NO3. The Morgan fingerprint density at radius 3 is 2.35 bits per heavy atom. The van der Waals surface area contributed by atoms with Crippen molar-refractivity contribution < 1.29 is 14.6 Å². The van der Waals surface area contributed by atoms with Crippen LogP contribution < -0.4 is 10.1 Å². The Morgan fingerprint density at radius 2 is 1.70 bits per heavy atom. The second-order valence-electron chi connectivity index (χ2n) is 4.06. The smallest absolute Gasteiger partial charge is 0.328 e. The van der Waals surface area contributed by atoms with Crippen molar-refractivity contribution >= 4 is 11.7 Å². The summed E-state index contributed by atoms with van der Waals surface area (Å²) >= 11 is 0. The lowest BCUT2D eigenvalue weighted by Crippen LogP contribution is -1.99. The first-order valence-electron chi connectivity index (χ1n) is 6.20. The molecule has 2 aromatic rings. The van der Waals surface area contributed by atoms with Gasteiger partial charge in [-0.3, -0.25) is 0 Å². The summed E-state index contributed by atoms with van der Waals surface area (Å²) in [6.45, 7) is 0.463. The fourth-order valence-electron chi connectivity index (χ4n) is 1.60. The van der Waals surface area contributed by atoms with Gasteiger partial charge in [0.05, 0.1) is 0 Å². The van der Waals surface area contributed by atoms with E-state index in [1.54, 1.807) is 6.08 Å². The molecule has 0 saturated heterocycles. The number of nitrogens with one attached hydrogen (secondary N) is 1. The molecule has 0 amide bonds. The van der Waals surface area contributed by atoms with E-state index in [0.717, 1.165) is 23.3 Å². The predicted molar refractivity (Wildman–Crippen MR) is 78.2 cm³/mol. The van der Waals surface area contributed by atoms with Crippen LogP contribution in [0.1, 0.15) is 0 Å². The van der Waals surface area contributed by atoms with Crippen LogP contribution in [0.2, 0.25) is 0 Å². The lowest BCUT2D eigenvalue weighted by molar-refractivity contribution is -0.131. The average molecular weight is 269 g/mol. The van der Waals surface area contributed by atoms with Crippen LogP contribution in [-0.4, -0.2) is 17.6 Å². The van der Waals surface area contributed by atoms with E-state index in [-0.39, 0.29) is 0 Å². The van der Waals surface area contributed by atoms with E-state index >= 15 is 0 Å². The van der Waals surface area contributed by atoms with E-state index in [1.165, 1.54) is 0 Å². The molecule has 0 aliphatic heterocycles. The number of hydrogen-bond acceptors (Lipinski definition) is 3. The van der Waals surface area contributed by atoms with Crippen molar-refractivity contribution in [3.05, 3.63) is 66.7 Å². The van der Waals surface area contributed by atoms with Crippen LogP contribution in [0.5, 0.6) is 11.5 Å². The van der Waals surface area contributed by atoms with Gasteiger partial charge in [-0.15, -0.1) is 0 Å². The van der Waals surface area contributed by atoms with Gasteiger partial charge < -0.3 is 15.2 Å². The van der Waals surface area contributed by atoms with Gasteiger partial charge in [0.1, 0.15) is 11.5 Å². The van der Waals surface area contributed by atoms with Crippen LogP contribution in [0.4, 0.5) is 5.69 Å². The third kappa shape index (κ3) is 4.49. The van der Waals surface area contributed by atoms with Gasteiger partial charge in [0.2, 0.25) is 0 Å². The summed E-state index contributed by atoms with van der Waals surface area (Å²) in [7, 11) is 0. The molecule has 4 heteroatoms. The van der Waals surface area contributed by atoms with Crippen molar-refractivity contribution in [2.45, 2.75) is 0 Å². The van der Waals surface area contributed by atoms with Crippen molar-refractivity contribution in [3.8, 4) is 11.5 Å². The van der Waals surface area contributed by atoms with E-state index in [4.69, 9.17) is 9.84 Å². The quantitative estimate of drug-likeness (QED) is 0.788. The molecule has 4 nitrogen and oxygen atoms in total. The van der Waals surface area contributed by atoms with Gasteiger partial charge in [-0.25, -0.2) is 4.79 Å². The zero-order chi connectivity index (χ0) is 14.2. The van der Waals surface area contributed by atoms with Crippen LogP contribution in [0.3, 0.4) is 0 Å². The van der Waals surface area contributed by atoms with E-state index in [9.17, 15) is 4.79 Å². The van der Waals surface area contributed by atoms with Gasteiger partial charge >= 0.3 is 5.97 Å². The summed E-state index contributed by atoms with van der Waals surface area (Å²) in [6, 6.07) is 17.0. The topological polar surface area (TPSA) is 58.6 Å². The molecule has 0 heterocycles. The van der Waals surface area contributed by atoms with Crippen LogP contribution in [0.25, 0.3) is 0 Å². The number of para-hydroxylation sites is 1. The minimum Gasteiger partial charge on any atom is -0.478 e. The van der Waals surface area contributed by atoms with Gasteiger partial charge in [-0.2, -0.15) is 0 Å². The van der Waals surface area contributed by atoms with Gasteiger partial charge in [0, 0.05) is 18.3 Å². The number of hydrogen-bond donors (Lipinski definition) is 2. The third-order valence-corrected chi connectivity index (χ3v) is 2.52. The molecule has 0 fully saturated rings. The largest absolute Gasteiger partial charge is 0.478 e. The maximum absolute atomic E-state index is 10.3. The Kier molecular flexibility index (Phi) is 4.78. The number of aliphatic carboxylic acids is 1. The highest BCUT2D eigenvalue weighted by molar-refractivity contribution is 5.79. The molecule has 2 N–H and O–H groups in total. The molecule has 0 unspecified atom stereocenters. The molecule has 0 bridgehead atoms. The van der Waals surface area contributed by atoms with Gasteiger partial charge in [0.15, 0.2) is 0 Å². The van der Waals surface area contributed by atoms with Crippen LogP contribution in [0, 0.1) is 0 Å². The molecule has 0 aliphatic rings. The number of ether oxygens (including phenoxy) is 1. The molecule has 20 heavy (non-hydrogen) atoms. The molecule has 2 aromatic carbocycles. The third-order valence-electron chi connectivity index (χ3n) is 2.52. The van der Waals surface area contributed by atoms with E-state index < -0.39 is 5.97 Å². The summed E-state index contributed by atoms with van der Waals surface area (Å²) in [4.78, 5) is 10.3. The molecule has 2 rings (SSSR count). The number of benzene rings is 2. The average Bonchev–Trinajstić information content (AvgIpc) is 2.46. The first-order valence-corrected chi connectivity index (χ1v) is 6.20. The number of anilines is 1. The number of carboxylic acid groups (broad SMARTS) is 1. The Labute approximate surface area is 117 Å². The van der Waals surface area contributed by atoms with Crippen LogP contribution in [-0.2, 0) is 4.79 Å². The van der Waals surface area contributed by atoms with Gasteiger partial charge in [-0.05, 0) is 36.4 Å². The van der Waals surface area contributed by atoms with Crippen molar-refractivity contribution in [1.82, 2.24) is 0 Å². The second-order valence-corrected chi connectivity index (χ2v) is 4.06. The highest BCUT2D eigenvalue weighted by Crippen LogP contribution is 2.22. The van der Waals surface area contributed by atoms with Crippen LogP contribution in [0.15, 0.2) is 66.7 Å². The summed E-state index contributed by atoms with van der Waals surface area (Å²) in [6.07, 6.45) is 2.66. The highest BCUT2D eigenvalue weighted by atomic mass is 16.5. The maximum Gasteiger partial charge on any atom is 0.328 e. The summed E-state index contributed by atoms with van der Waals surface area (Å²) < 4.78 is 5.67. The van der Waals surface area contributed by atoms with Crippen molar-refractivity contribution in [1.29, 1.82) is 0 Å². The number of rotatable bonds is 6. The fourth-order valence-corrected chi connectivity index (χ4v) is 1.60. The Morgan fingerprint density at radius 1 is 1.05 bits per heavy atom. The predicted octanol–water partition coefficient (Wildman–Crippen LogP) is 3.53. The standard InChI is InChI=1S/C16H15NO3/c18-16(19)7-4-12-17-13-8-10-15(11-9-13)20-14-5-2-1-3-6-14/h1-11,17H,12H2,(H,18,19)/b7-4+. The van der Waals surface area contributed by atoms with E-state index in [0.29, 0.717) is 6.54 Å². The minimum atomic E-state index is -0.946. The molecule has 0 radical (unpaired) electrons. The second kappa shape index (κ2) is 6.99.